The molecule has 0 spiro atoms. The summed E-state index contributed by atoms with van der Waals surface area (Å²) in [6.07, 6.45) is -4.82. The van der Waals surface area contributed by atoms with Crippen LogP contribution in [0.1, 0.15) is 18.3 Å². The van der Waals surface area contributed by atoms with Gasteiger partial charge < -0.3 is 4.74 Å². The molecule has 0 aliphatic carbocycles. The number of hydrogen-bond acceptors (Lipinski definition) is 4. The fraction of sp³-hybridized carbons (Fsp3) is 0.438. The molecule has 0 aliphatic rings. The number of rotatable bonds is 7. The first-order valence-electron chi connectivity index (χ1n) is 7.83. The van der Waals surface area contributed by atoms with Gasteiger partial charge in [-0.15, -0.1) is 13.2 Å². The molecule has 1 N–H and O–H groups in total. The van der Waals surface area contributed by atoms with E-state index in [1.54, 1.807) is 4.68 Å². The molecule has 1 heterocycles. The average Bonchev–Trinajstić information content (AvgIpc) is 2.82. The van der Waals surface area contributed by atoms with Crippen molar-refractivity contribution in [2.24, 2.45) is 5.92 Å². The predicted molar refractivity (Wildman–Crippen MR) is 89.2 cm³/mol. The van der Waals surface area contributed by atoms with E-state index in [4.69, 9.17) is 0 Å². The van der Waals surface area contributed by atoms with Crippen LogP contribution < -0.4 is 9.46 Å². The lowest BCUT2D eigenvalue weighted by atomic mass is 10.2. The van der Waals surface area contributed by atoms with Crippen LogP contribution in [0.25, 0.3) is 0 Å². The van der Waals surface area contributed by atoms with E-state index in [1.165, 1.54) is 0 Å². The van der Waals surface area contributed by atoms with Crippen LogP contribution >= 0.6 is 0 Å². The van der Waals surface area contributed by atoms with Gasteiger partial charge in [-0.05, 0) is 50.1 Å². The molecule has 0 aliphatic heterocycles. The first-order chi connectivity index (χ1) is 12.0. The molecule has 0 radical (unpaired) electrons. The Labute approximate surface area is 150 Å². The summed E-state index contributed by atoms with van der Waals surface area (Å²) in [4.78, 5) is -0.134. The maximum Gasteiger partial charge on any atom is 0.573 e. The van der Waals surface area contributed by atoms with E-state index in [0.717, 1.165) is 35.7 Å². The lowest BCUT2D eigenvalue weighted by Gasteiger charge is -2.14. The number of sulfonamides is 1. The van der Waals surface area contributed by atoms with E-state index >= 15 is 0 Å². The highest BCUT2D eigenvalue weighted by Crippen LogP contribution is 2.23. The topological polar surface area (TPSA) is 73.2 Å². The third-order valence-electron chi connectivity index (χ3n) is 3.58. The molecule has 2 aromatic rings. The second kappa shape index (κ2) is 7.67. The maximum atomic E-state index is 12.3. The second-order valence-electron chi connectivity index (χ2n) is 6.09. The number of nitrogens with zero attached hydrogens (tertiary/aromatic N) is 2. The molecule has 6 nitrogen and oxygen atoms in total. The molecule has 1 unspecified atom stereocenters. The molecular weight excluding hydrogens is 371 g/mol. The quantitative estimate of drug-likeness (QED) is 0.788. The number of ether oxygens (including phenoxy) is 1. The Morgan fingerprint density at radius 1 is 1.23 bits per heavy atom. The summed E-state index contributed by atoms with van der Waals surface area (Å²) < 4.78 is 68.9. The van der Waals surface area contributed by atoms with Gasteiger partial charge >= 0.3 is 6.36 Å². The minimum absolute atomic E-state index is 0.0318. The minimum Gasteiger partial charge on any atom is -0.406 e. The molecule has 0 amide bonds. The Bertz CT molecular complexity index is 846. The van der Waals surface area contributed by atoms with E-state index in [-0.39, 0.29) is 17.4 Å². The number of hydrogen-bond donors (Lipinski definition) is 1. The zero-order valence-electron chi connectivity index (χ0n) is 14.5. The number of aromatic nitrogens is 2. The number of aryl methyl sites for hydroxylation is 2. The van der Waals surface area contributed by atoms with Gasteiger partial charge in [0.25, 0.3) is 0 Å². The molecule has 0 fully saturated rings. The highest BCUT2D eigenvalue weighted by molar-refractivity contribution is 7.89. The van der Waals surface area contributed by atoms with Crippen molar-refractivity contribution in [2.75, 3.05) is 6.54 Å². The molecule has 0 bridgehead atoms. The lowest BCUT2D eigenvalue weighted by Crippen LogP contribution is -2.30. The van der Waals surface area contributed by atoms with Gasteiger partial charge in [0.15, 0.2) is 0 Å². The molecule has 1 aromatic heterocycles. The fourth-order valence-corrected chi connectivity index (χ4v) is 3.54. The first-order valence-corrected chi connectivity index (χ1v) is 9.31. The molecule has 144 valence electrons. The highest BCUT2D eigenvalue weighted by Gasteiger charge is 2.31. The Balaban J connectivity index is 1.96. The Hall–Kier alpha value is -2.07. The highest BCUT2D eigenvalue weighted by atomic mass is 32.2. The van der Waals surface area contributed by atoms with Gasteiger partial charge in [0.05, 0.1) is 10.6 Å². The Morgan fingerprint density at radius 3 is 2.35 bits per heavy atom. The van der Waals surface area contributed by atoms with E-state index in [2.05, 4.69) is 14.6 Å². The number of benzene rings is 1. The summed E-state index contributed by atoms with van der Waals surface area (Å²) in [5.41, 5.74) is 1.87. The van der Waals surface area contributed by atoms with Crippen molar-refractivity contribution in [3.63, 3.8) is 0 Å². The van der Waals surface area contributed by atoms with Gasteiger partial charge in [0.1, 0.15) is 5.75 Å². The lowest BCUT2D eigenvalue weighted by molar-refractivity contribution is -0.274. The molecule has 26 heavy (non-hydrogen) atoms. The van der Waals surface area contributed by atoms with Gasteiger partial charge in [-0.25, -0.2) is 13.1 Å². The standard InChI is InChI=1S/C16H20F3N3O3S/c1-11(10-22-13(3)8-12(2)21-22)9-20-26(23,24)15-6-4-14(5-7-15)25-16(17,18)19/h4-8,11,20H,9-10H2,1-3H3. The zero-order chi connectivity index (χ0) is 19.5. The predicted octanol–water partition coefficient (Wildman–Crippen LogP) is 3.01. The molecule has 1 aromatic carbocycles. The second-order valence-corrected chi connectivity index (χ2v) is 7.85. The van der Waals surface area contributed by atoms with Crippen molar-refractivity contribution in [3.05, 3.63) is 41.7 Å². The average molecular weight is 391 g/mol. The van der Waals surface area contributed by atoms with Crippen LogP contribution in [0.3, 0.4) is 0 Å². The minimum atomic E-state index is -4.82. The third kappa shape index (κ3) is 5.73. The summed E-state index contributed by atoms with van der Waals surface area (Å²) in [5, 5.41) is 4.33. The summed E-state index contributed by atoms with van der Waals surface area (Å²) >= 11 is 0. The zero-order valence-corrected chi connectivity index (χ0v) is 15.4. The van der Waals surface area contributed by atoms with Crippen LogP contribution in [0, 0.1) is 19.8 Å². The van der Waals surface area contributed by atoms with Gasteiger partial charge in [-0.3, -0.25) is 4.68 Å². The molecule has 0 saturated carbocycles. The van der Waals surface area contributed by atoms with Gasteiger partial charge in [0.2, 0.25) is 10.0 Å². The summed E-state index contributed by atoms with van der Waals surface area (Å²) in [7, 11) is -3.83. The first kappa shape index (κ1) is 20.2. The van der Waals surface area contributed by atoms with Crippen molar-refractivity contribution in [1.29, 1.82) is 0 Å². The van der Waals surface area contributed by atoms with Crippen LogP contribution in [0.5, 0.6) is 5.75 Å². The van der Waals surface area contributed by atoms with Crippen molar-refractivity contribution in [1.82, 2.24) is 14.5 Å². The molecular formula is C16H20F3N3O3S. The van der Waals surface area contributed by atoms with Crippen LogP contribution in [0.2, 0.25) is 0 Å². The van der Waals surface area contributed by atoms with Gasteiger partial charge in [-0.2, -0.15) is 5.10 Å². The SMILES string of the molecule is Cc1cc(C)n(CC(C)CNS(=O)(=O)c2ccc(OC(F)(F)F)cc2)n1. The van der Waals surface area contributed by atoms with E-state index < -0.39 is 22.1 Å². The smallest absolute Gasteiger partial charge is 0.406 e. The Kier molecular flexibility index (Phi) is 5.97. The monoisotopic (exact) mass is 391 g/mol. The third-order valence-corrected chi connectivity index (χ3v) is 5.02. The molecule has 1 atom stereocenters. The fourth-order valence-electron chi connectivity index (χ4n) is 2.38. The van der Waals surface area contributed by atoms with E-state index in [9.17, 15) is 21.6 Å². The summed E-state index contributed by atoms with van der Waals surface area (Å²) in [5.74, 6) is -0.509. The number of nitrogens with one attached hydrogen (secondary N) is 1. The van der Waals surface area contributed by atoms with E-state index in [0.29, 0.717) is 6.54 Å². The van der Waals surface area contributed by atoms with Crippen molar-refractivity contribution >= 4 is 10.0 Å². The van der Waals surface area contributed by atoms with Crippen molar-refractivity contribution < 1.29 is 26.3 Å². The molecule has 10 heteroatoms. The number of halogens is 3. The van der Waals surface area contributed by atoms with Crippen LogP contribution in [-0.4, -0.2) is 31.1 Å². The maximum absolute atomic E-state index is 12.3. The molecule has 2 rings (SSSR count). The molecule has 0 saturated heterocycles. The van der Waals surface area contributed by atoms with Crippen LogP contribution in [-0.2, 0) is 16.6 Å². The van der Waals surface area contributed by atoms with Crippen LogP contribution in [0.15, 0.2) is 35.2 Å². The summed E-state index contributed by atoms with van der Waals surface area (Å²) in [6, 6.07) is 5.98. The number of alkyl halides is 3. The van der Waals surface area contributed by atoms with Crippen molar-refractivity contribution in [3.8, 4) is 5.75 Å². The Morgan fingerprint density at radius 2 is 1.85 bits per heavy atom. The summed E-state index contributed by atoms with van der Waals surface area (Å²) in [6.45, 7) is 6.38. The largest absolute Gasteiger partial charge is 0.573 e. The van der Waals surface area contributed by atoms with Crippen LogP contribution in [0.4, 0.5) is 13.2 Å². The van der Waals surface area contributed by atoms with Gasteiger partial charge in [0, 0.05) is 18.8 Å². The van der Waals surface area contributed by atoms with Gasteiger partial charge in [-0.1, -0.05) is 6.92 Å². The normalized spacial score (nSPS) is 13.6. The van der Waals surface area contributed by atoms with E-state index in [1.807, 2.05) is 26.8 Å². The van der Waals surface area contributed by atoms with Crippen molar-refractivity contribution in [2.45, 2.75) is 38.6 Å².